The molecule has 0 saturated carbocycles. The molecule has 1 N–H and O–H groups in total. The third-order valence-electron chi connectivity index (χ3n) is 3.85. The molecular weight excluding hydrogens is 222 g/mol. The molecule has 0 bridgehead atoms. The molecule has 1 saturated heterocycles. The summed E-state index contributed by atoms with van der Waals surface area (Å²) in [6.07, 6.45) is 1.63. The van der Waals surface area contributed by atoms with Gasteiger partial charge in [-0.25, -0.2) is 0 Å². The van der Waals surface area contributed by atoms with Gasteiger partial charge in [0.25, 0.3) is 0 Å². The van der Waals surface area contributed by atoms with E-state index in [9.17, 15) is 4.79 Å². The molecule has 2 heteroatoms. The Balaban J connectivity index is 2.29. The molecule has 1 amide bonds. The van der Waals surface area contributed by atoms with Crippen LogP contribution < -0.4 is 5.32 Å². The van der Waals surface area contributed by atoms with Crippen molar-refractivity contribution in [3.63, 3.8) is 0 Å². The summed E-state index contributed by atoms with van der Waals surface area (Å²) in [5, 5.41) is 2.98. The fourth-order valence-corrected chi connectivity index (χ4v) is 2.55. The topological polar surface area (TPSA) is 29.1 Å². The number of rotatable bonds is 1. The zero-order valence-corrected chi connectivity index (χ0v) is 11.8. The summed E-state index contributed by atoms with van der Waals surface area (Å²) in [6, 6.07) is 6.77. The summed E-state index contributed by atoms with van der Waals surface area (Å²) in [5.74, 6) is 0.667. The molecule has 1 fully saturated rings. The number of carbonyl (C=O) groups is 1. The van der Waals surface area contributed by atoms with Gasteiger partial charge in [0.05, 0.1) is 0 Å². The SMILES string of the molecule is Cc1ccc(C(C)(C)C)cc1C1CCC(=O)NC1. The molecule has 1 aromatic rings. The average Bonchev–Trinajstić information content (AvgIpc) is 2.29. The summed E-state index contributed by atoms with van der Waals surface area (Å²) in [5.41, 5.74) is 4.30. The Morgan fingerprint density at radius 1 is 1.28 bits per heavy atom. The van der Waals surface area contributed by atoms with Crippen molar-refractivity contribution in [2.45, 2.75) is 51.9 Å². The van der Waals surface area contributed by atoms with Crippen LogP contribution in [0.1, 0.15) is 56.2 Å². The molecule has 1 aromatic carbocycles. The predicted octanol–water partition coefficient (Wildman–Crippen LogP) is 3.29. The molecule has 2 rings (SSSR count). The van der Waals surface area contributed by atoms with Gasteiger partial charge in [-0.05, 0) is 35.4 Å². The van der Waals surface area contributed by atoms with E-state index in [1.165, 1.54) is 16.7 Å². The maximum Gasteiger partial charge on any atom is 0.220 e. The lowest BCUT2D eigenvalue weighted by molar-refractivity contribution is -0.122. The first-order chi connectivity index (χ1) is 8.38. The van der Waals surface area contributed by atoms with Crippen molar-refractivity contribution in [1.29, 1.82) is 0 Å². The van der Waals surface area contributed by atoms with Gasteiger partial charge < -0.3 is 5.32 Å². The first-order valence-electron chi connectivity index (χ1n) is 6.75. The van der Waals surface area contributed by atoms with Crippen LogP contribution in [0.4, 0.5) is 0 Å². The average molecular weight is 245 g/mol. The smallest absolute Gasteiger partial charge is 0.220 e. The van der Waals surface area contributed by atoms with Crippen LogP contribution in [0.5, 0.6) is 0 Å². The van der Waals surface area contributed by atoms with Gasteiger partial charge in [-0.1, -0.05) is 39.0 Å². The Morgan fingerprint density at radius 2 is 2.00 bits per heavy atom. The van der Waals surface area contributed by atoms with Crippen molar-refractivity contribution >= 4 is 5.91 Å². The van der Waals surface area contributed by atoms with Gasteiger partial charge in [-0.3, -0.25) is 4.79 Å². The Kier molecular flexibility index (Phi) is 3.47. The number of hydrogen-bond acceptors (Lipinski definition) is 1. The number of nitrogens with one attached hydrogen (secondary N) is 1. The fourth-order valence-electron chi connectivity index (χ4n) is 2.55. The van der Waals surface area contributed by atoms with Gasteiger partial charge in [0.15, 0.2) is 0 Å². The number of carbonyl (C=O) groups excluding carboxylic acids is 1. The number of amides is 1. The number of hydrogen-bond donors (Lipinski definition) is 1. The predicted molar refractivity (Wildman–Crippen MR) is 74.9 cm³/mol. The van der Waals surface area contributed by atoms with Crippen LogP contribution in [0.2, 0.25) is 0 Å². The summed E-state index contributed by atoms with van der Waals surface area (Å²) in [7, 11) is 0. The van der Waals surface area contributed by atoms with E-state index in [1.54, 1.807) is 0 Å². The standard InChI is InChI=1S/C16H23NO/c1-11-5-7-13(16(2,3)4)9-14(11)12-6-8-15(18)17-10-12/h5,7,9,12H,6,8,10H2,1-4H3,(H,17,18). The monoisotopic (exact) mass is 245 g/mol. The molecule has 1 heterocycles. The summed E-state index contributed by atoms with van der Waals surface area (Å²) in [6.45, 7) is 9.67. The van der Waals surface area contributed by atoms with Gasteiger partial charge in [0, 0.05) is 18.9 Å². The molecule has 1 unspecified atom stereocenters. The van der Waals surface area contributed by atoms with Crippen LogP contribution in [-0.2, 0) is 10.2 Å². The molecule has 1 aliphatic heterocycles. The van der Waals surface area contributed by atoms with E-state index >= 15 is 0 Å². The molecule has 1 aliphatic rings. The summed E-state index contributed by atoms with van der Waals surface area (Å²) in [4.78, 5) is 11.2. The summed E-state index contributed by atoms with van der Waals surface area (Å²) >= 11 is 0. The molecule has 1 atom stereocenters. The minimum Gasteiger partial charge on any atom is -0.355 e. The molecule has 0 aromatic heterocycles. The maximum absolute atomic E-state index is 11.2. The number of aryl methyl sites for hydroxylation is 1. The second-order valence-corrected chi connectivity index (χ2v) is 6.36. The first kappa shape index (κ1) is 13.1. The van der Waals surface area contributed by atoms with Crippen molar-refractivity contribution in [1.82, 2.24) is 5.32 Å². The van der Waals surface area contributed by atoms with Crippen molar-refractivity contribution < 1.29 is 4.79 Å². The van der Waals surface area contributed by atoms with E-state index in [-0.39, 0.29) is 11.3 Å². The third kappa shape index (κ3) is 2.74. The largest absolute Gasteiger partial charge is 0.355 e. The quantitative estimate of drug-likeness (QED) is 0.808. The minimum atomic E-state index is 0.181. The maximum atomic E-state index is 11.2. The van der Waals surface area contributed by atoms with Gasteiger partial charge >= 0.3 is 0 Å². The Labute approximate surface area is 110 Å². The van der Waals surface area contributed by atoms with Gasteiger partial charge in [-0.15, -0.1) is 0 Å². The van der Waals surface area contributed by atoms with Crippen molar-refractivity contribution in [2.24, 2.45) is 0 Å². The van der Waals surface area contributed by atoms with E-state index in [4.69, 9.17) is 0 Å². The number of benzene rings is 1. The van der Waals surface area contributed by atoms with Crippen LogP contribution in [-0.4, -0.2) is 12.5 Å². The van der Waals surface area contributed by atoms with Crippen molar-refractivity contribution in [2.75, 3.05) is 6.54 Å². The second kappa shape index (κ2) is 4.75. The van der Waals surface area contributed by atoms with E-state index in [1.807, 2.05) is 0 Å². The first-order valence-corrected chi connectivity index (χ1v) is 6.75. The molecule has 0 aliphatic carbocycles. The highest BCUT2D eigenvalue weighted by atomic mass is 16.1. The third-order valence-corrected chi connectivity index (χ3v) is 3.85. The van der Waals surface area contributed by atoms with E-state index in [0.717, 1.165) is 13.0 Å². The molecular formula is C16H23NO. The molecule has 98 valence electrons. The minimum absolute atomic E-state index is 0.181. The highest BCUT2D eigenvalue weighted by Crippen LogP contribution is 2.31. The fraction of sp³-hybridized carbons (Fsp3) is 0.562. The zero-order valence-electron chi connectivity index (χ0n) is 11.8. The Hall–Kier alpha value is -1.31. The summed E-state index contributed by atoms with van der Waals surface area (Å²) < 4.78 is 0. The second-order valence-electron chi connectivity index (χ2n) is 6.36. The number of piperidine rings is 1. The lowest BCUT2D eigenvalue weighted by Crippen LogP contribution is -2.34. The van der Waals surface area contributed by atoms with Crippen LogP contribution >= 0.6 is 0 Å². The van der Waals surface area contributed by atoms with Crippen molar-refractivity contribution in [3.05, 3.63) is 34.9 Å². The Bertz CT molecular complexity index is 447. The van der Waals surface area contributed by atoms with E-state index in [2.05, 4.69) is 51.2 Å². The highest BCUT2D eigenvalue weighted by molar-refractivity contribution is 5.77. The lowest BCUT2D eigenvalue weighted by atomic mass is 9.81. The molecule has 18 heavy (non-hydrogen) atoms. The van der Waals surface area contributed by atoms with Crippen molar-refractivity contribution in [3.8, 4) is 0 Å². The highest BCUT2D eigenvalue weighted by Gasteiger charge is 2.22. The molecule has 0 radical (unpaired) electrons. The lowest BCUT2D eigenvalue weighted by Gasteiger charge is -2.27. The van der Waals surface area contributed by atoms with Crippen LogP contribution in [0.3, 0.4) is 0 Å². The van der Waals surface area contributed by atoms with Gasteiger partial charge in [0.1, 0.15) is 0 Å². The molecule has 2 nitrogen and oxygen atoms in total. The van der Waals surface area contributed by atoms with Crippen LogP contribution in [0, 0.1) is 6.92 Å². The van der Waals surface area contributed by atoms with E-state index < -0.39 is 0 Å². The van der Waals surface area contributed by atoms with Gasteiger partial charge in [0.2, 0.25) is 5.91 Å². The molecule has 0 spiro atoms. The van der Waals surface area contributed by atoms with Crippen LogP contribution in [0.15, 0.2) is 18.2 Å². The Morgan fingerprint density at radius 3 is 2.56 bits per heavy atom. The van der Waals surface area contributed by atoms with Gasteiger partial charge in [-0.2, -0.15) is 0 Å². The van der Waals surface area contributed by atoms with E-state index in [0.29, 0.717) is 12.3 Å². The zero-order chi connectivity index (χ0) is 13.3. The van der Waals surface area contributed by atoms with Crippen LogP contribution in [0.25, 0.3) is 0 Å². The normalized spacial score (nSPS) is 20.7.